The van der Waals surface area contributed by atoms with E-state index in [0.717, 1.165) is 13.0 Å². The lowest BCUT2D eigenvalue weighted by Gasteiger charge is -2.20. The Balaban J connectivity index is 2.20. The van der Waals surface area contributed by atoms with Gasteiger partial charge in [-0.1, -0.05) is 25.9 Å². The van der Waals surface area contributed by atoms with E-state index in [4.69, 9.17) is 4.52 Å². The summed E-state index contributed by atoms with van der Waals surface area (Å²) < 4.78 is 5.39. The molecule has 2 rings (SSSR count). The summed E-state index contributed by atoms with van der Waals surface area (Å²) in [6.07, 6.45) is 2.71. The molecule has 0 fully saturated rings. The third kappa shape index (κ3) is 3.19. The molecule has 0 saturated heterocycles. The number of hydrogen-bond acceptors (Lipinski definition) is 6. The van der Waals surface area contributed by atoms with Crippen molar-refractivity contribution < 1.29 is 4.52 Å². The molecular weight excluding hydrogens is 254 g/mol. The zero-order valence-electron chi connectivity index (χ0n) is 12.4. The van der Waals surface area contributed by atoms with E-state index in [0.29, 0.717) is 29.3 Å². The Morgan fingerprint density at radius 1 is 1.30 bits per heavy atom. The fraction of sp³-hybridized carbons (Fsp3) is 0.571. The van der Waals surface area contributed by atoms with Gasteiger partial charge in [-0.15, -0.1) is 0 Å². The van der Waals surface area contributed by atoms with Crippen LogP contribution in [0.5, 0.6) is 0 Å². The molecular formula is C14H21N5O. The summed E-state index contributed by atoms with van der Waals surface area (Å²) in [6, 6.07) is 2.12. The summed E-state index contributed by atoms with van der Waals surface area (Å²) in [7, 11) is 0. The maximum atomic E-state index is 5.39. The zero-order chi connectivity index (χ0) is 14.5. The SMILES string of the molecule is CCNC(CC)C(C)c1nc(-c2ccnc(C)n2)no1. The van der Waals surface area contributed by atoms with E-state index in [1.54, 1.807) is 12.3 Å². The number of hydrogen-bond donors (Lipinski definition) is 1. The van der Waals surface area contributed by atoms with Crippen LogP contribution < -0.4 is 5.32 Å². The van der Waals surface area contributed by atoms with Crippen molar-refractivity contribution in [1.29, 1.82) is 0 Å². The summed E-state index contributed by atoms with van der Waals surface area (Å²) in [5, 5.41) is 7.46. The van der Waals surface area contributed by atoms with E-state index in [9.17, 15) is 0 Å². The highest BCUT2D eigenvalue weighted by atomic mass is 16.5. The Labute approximate surface area is 119 Å². The molecule has 0 radical (unpaired) electrons. The molecule has 0 aliphatic rings. The Kier molecular flexibility index (Phi) is 4.79. The first kappa shape index (κ1) is 14.6. The molecule has 0 saturated carbocycles. The van der Waals surface area contributed by atoms with Crippen LogP contribution in [0.4, 0.5) is 0 Å². The van der Waals surface area contributed by atoms with Crippen LogP contribution in [0.1, 0.15) is 44.8 Å². The first-order valence-electron chi connectivity index (χ1n) is 7.02. The van der Waals surface area contributed by atoms with Gasteiger partial charge in [-0.25, -0.2) is 9.97 Å². The minimum Gasteiger partial charge on any atom is -0.339 e. The van der Waals surface area contributed by atoms with Crippen LogP contribution in [-0.4, -0.2) is 32.7 Å². The molecule has 2 unspecified atom stereocenters. The fourth-order valence-electron chi connectivity index (χ4n) is 2.21. The molecule has 6 nitrogen and oxygen atoms in total. The highest BCUT2D eigenvalue weighted by Gasteiger charge is 2.22. The van der Waals surface area contributed by atoms with Crippen molar-refractivity contribution in [2.45, 2.75) is 46.1 Å². The Morgan fingerprint density at radius 3 is 2.75 bits per heavy atom. The second-order valence-corrected chi connectivity index (χ2v) is 4.81. The Bertz CT molecular complexity index is 554. The summed E-state index contributed by atoms with van der Waals surface area (Å²) in [5.74, 6) is 2.03. The van der Waals surface area contributed by atoms with E-state index in [1.165, 1.54) is 0 Å². The van der Waals surface area contributed by atoms with Crippen LogP contribution in [0.3, 0.4) is 0 Å². The highest BCUT2D eigenvalue weighted by molar-refractivity contribution is 5.47. The third-order valence-corrected chi connectivity index (χ3v) is 3.35. The average Bonchev–Trinajstić information content (AvgIpc) is 2.94. The first-order valence-corrected chi connectivity index (χ1v) is 7.02. The van der Waals surface area contributed by atoms with Crippen molar-refractivity contribution in [1.82, 2.24) is 25.4 Å². The van der Waals surface area contributed by atoms with Gasteiger partial charge in [-0.3, -0.25) is 0 Å². The molecule has 108 valence electrons. The number of likely N-dealkylation sites (N-methyl/N-ethyl adjacent to an activating group) is 1. The van der Waals surface area contributed by atoms with Gasteiger partial charge in [0.2, 0.25) is 11.7 Å². The quantitative estimate of drug-likeness (QED) is 0.872. The van der Waals surface area contributed by atoms with Gasteiger partial charge < -0.3 is 9.84 Å². The number of aryl methyl sites for hydroxylation is 1. The summed E-state index contributed by atoms with van der Waals surface area (Å²) in [5.41, 5.74) is 0.691. The van der Waals surface area contributed by atoms with Gasteiger partial charge in [-0.2, -0.15) is 4.98 Å². The predicted molar refractivity (Wildman–Crippen MR) is 76.2 cm³/mol. The van der Waals surface area contributed by atoms with Crippen molar-refractivity contribution in [3.63, 3.8) is 0 Å². The van der Waals surface area contributed by atoms with E-state index in [1.807, 2.05) is 6.92 Å². The molecule has 2 atom stereocenters. The molecule has 1 N–H and O–H groups in total. The summed E-state index contributed by atoms with van der Waals surface area (Å²) >= 11 is 0. The van der Waals surface area contributed by atoms with Gasteiger partial charge in [0.25, 0.3) is 0 Å². The molecule has 0 aliphatic heterocycles. The van der Waals surface area contributed by atoms with Gasteiger partial charge in [0, 0.05) is 12.2 Å². The minimum atomic E-state index is 0.170. The van der Waals surface area contributed by atoms with Crippen LogP contribution in [0, 0.1) is 6.92 Å². The number of rotatable bonds is 6. The van der Waals surface area contributed by atoms with Crippen molar-refractivity contribution in [3.05, 3.63) is 24.0 Å². The lowest BCUT2D eigenvalue weighted by Crippen LogP contribution is -2.33. The number of nitrogens with zero attached hydrogens (tertiary/aromatic N) is 4. The second-order valence-electron chi connectivity index (χ2n) is 4.81. The van der Waals surface area contributed by atoms with E-state index >= 15 is 0 Å². The molecule has 20 heavy (non-hydrogen) atoms. The van der Waals surface area contributed by atoms with Crippen LogP contribution in [0.15, 0.2) is 16.8 Å². The van der Waals surface area contributed by atoms with E-state index < -0.39 is 0 Å². The predicted octanol–water partition coefficient (Wildman–Crippen LogP) is 2.33. The lowest BCUT2D eigenvalue weighted by molar-refractivity contribution is 0.321. The van der Waals surface area contributed by atoms with Crippen molar-refractivity contribution >= 4 is 0 Å². The largest absolute Gasteiger partial charge is 0.339 e. The topological polar surface area (TPSA) is 76.7 Å². The summed E-state index contributed by atoms with van der Waals surface area (Å²) in [4.78, 5) is 12.8. The van der Waals surface area contributed by atoms with Crippen LogP contribution in [0.25, 0.3) is 11.5 Å². The van der Waals surface area contributed by atoms with Crippen molar-refractivity contribution in [2.24, 2.45) is 0 Å². The van der Waals surface area contributed by atoms with Crippen LogP contribution >= 0.6 is 0 Å². The van der Waals surface area contributed by atoms with Gasteiger partial charge in [0.05, 0.1) is 5.92 Å². The minimum absolute atomic E-state index is 0.170. The van der Waals surface area contributed by atoms with E-state index in [2.05, 4.69) is 46.2 Å². The molecule has 0 aliphatic carbocycles. The van der Waals surface area contributed by atoms with Gasteiger partial charge >= 0.3 is 0 Å². The molecule has 0 bridgehead atoms. The standard InChI is InChI=1S/C14H21N5O/c1-5-11(15-6-2)9(3)14-18-13(19-20-14)12-7-8-16-10(4)17-12/h7-9,11,15H,5-6H2,1-4H3. The molecule has 2 aromatic heterocycles. The average molecular weight is 275 g/mol. The highest BCUT2D eigenvalue weighted by Crippen LogP contribution is 2.22. The normalized spacial score (nSPS) is 14.2. The Hall–Kier alpha value is -1.82. The molecule has 6 heteroatoms. The zero-order valence-corrected chi connectivity index (χ0v) is 12.4. The van der Waals surface area contributed by atoms with Crippen molar-refractivity contribution in [3.8, 4) is 11.5 Å². The number of nitrogens with one attached hydrogen (secondary N) is 1. The van der Waals surface area contributed by atoms with Crippen LogP contribution in [-0.2, 0) is 0 Å². The van der Waals surface area contributed by atoms with Gasteiger partial charge in [-0.05, 0) is 26.0 Å². The monoisotopic (exact) mass is 275 g/mol. The van der Waals surface area contributed by atoms with Crippen molar-refractivity contribution in [2.75, 3.05) is 6.54 Å². The Morgan fingerprint density at radius 2 is 2.10 bits per heavy atom. The lowest BCUT2D eigenvalue weighted by atomic mass is 9.99. The molecule has 0 spiro atoms. The van der Waals surface area contributed by atoms with E-state index in [-0.39, 0.29) is 5.92 Å². The fourth-order valence-corrected chi connectivity index (χ4v) is 2.21. The molecule has 2 heterocycles. The maximum Gasteiger partial charge on any atom is 0.231 e. The van der Waals surface area contributed by atoms with Gasteiger partial charge in [0.15, 0.2) is 0 Å². The third-order valence-electron chi connectivity index (χ3n) is 3.35. The molecule has 0 amide bonds. The summed E-state index contributed by atoms with van der Waals surface area (Å²) in [6.45, 7) is 9.10. The molecule has 0 aromatic carbocycles. The van der Waals surface area contributed by atoms with Crippen LogP contribution in [0.2, 0.25) is 0 Å². The smallest absolute Gasteiger partial charge is 0.231 e. The second kappa shape index (κ2) is 6.56. The molecule has 2 aromatic rings. The first-order chi connectivity index (χ1) is 9.65. The van der Waals surface area contributed by atoms with Gasteiger partial charge in [0.1, 0.15) is 11.5 Å². The maximum absolute atomic E-state index is 5.39. The number of aromatic nitrogens is 4.